The van der Waals surface area contributed by atoms with Crippen LogP contribution in [0.25, 0.3) is 22.3 Å². The van der Waals surface area contributed by atoms with E-state index in [9.17, 15) is 4.79 Å². The van der Waals surface area contributed by atoms with E-state index in [1.54, 1.807) is 19.5 Å². The molecule has 1 N–H and O–H groups in total. The average molecular weight is 447 g/mol. The first kappa shape index (κ1) is 21.7. The highest BCUT2D eigenvalue weighted by atomic mass is 35.5. The number of nitrogens with zero attached hydrogens (tertiary/aromatic N) is 3. The number of carbonyl (C=O) groups excluding carboxylic acids is 1. The zero-order chi connectivity index (χ0) is 22.5. The minimum Gasteiger partial charge on any atom is -0.496 e. The van der Waals surface area contributed by atoms with Crippen LogP contribution in [0.4, 0.5) is 5.69 Å². The molecule has 1 amide bonds. The highest BCUT2D eigenvalue weighted by molar-refractivity contribution is 6.31. The number of amides is 1. The van der Waals surface area contributed by atoms with Gasteiger partial charge in [-0.2, -0.15) is 0 Å². The Hall–Kier alpha value is -3.51. The summed E-state index contributed by atoms with van der Waals surface area (Å²) < 4.78 is 5.51. The van der Waals surface area contributed by atoms with Gasteiger partial charge in [-0.1, -0.05) is 11.6 Å². The van der Waals surface area contributed by atoms with E-state index in [0.717, 1.165) is 58.4 Å². The van der Waals surface area contributed by atoms with E-state index in [1.807, 2.05) is 48.5 Å². The fourth-order valence-corrected chi connectivity index (χ4v) is 3.85. The maximum absolute atomic E-state index is 11.4. The van der Waals surface area contributed by atoms with Crippen LogP contribution in [-0.2, 0) is 17.6 Å². The van der Waals surface area contributed by atoms with Gasteiger partial charge in [0.25, 0.3) is 0 Å². The molecule has 0 aliphatic carbocycles. The van der Waals surface area contributed by atoms with Crippen LogP contribution in [0.5, 0.6) is 5.75 Å². The van der Waals surface area contributed by atoms with E-state index < -0.39 is 0 Å². The maximum Gasteiger partial charge on any atom is 0.221 e. The Morgan fingerprint density at radius 2 is 1.97 bits per heavy atom. The summed E-state index contributed by atoms with van der Waals surface area (Å²) in [6.45, 7) is 1.50. The fraction of sp³-hybridized carbons (Fsp3) is 0.200. The number of halogens is 1. The van der Waals surface area contributed by atoms with Gasteiger partial charge in [0.15, 0.2) is 5.82 Å². The van der Waals surface area contributed by atoms with Crippen molar-refractivity contribution >= 4 is 34.1 Å². The number of ether oxygens (including phenoxy) is 1. The number of rotatable bonds is 7. The molecular weight excluding hydrogens is 424 g/mol. The Kier molecular flexibility index (Phi) is 6.61. The van der Waals surface area contributed by atoms with Gasteiger partial charge >= 0.3 is 0 Å². The quantitative estimate of drug-likeness (QED) is 0.406. The second kappa shape index (κ2) is 9.75. The number of benzene rings is 2. The zero-order valence-electron chi connectivity index (χ0n) is 17.9. The normalized spacial score (nSPS) is 10.8. The van der Waals surface area contributed by atoms with Gasteiger partial charge in [0, 0.05) is 41.0 Å². The third-order valence-corrected chi connectivity index (χ3v) is 5.35. The Bertz CT molecular complexity index is 1260. The smallest absolute Gasteiger partial charge is 0.221 e. The van der Waals surface area contributed by atoms with Gasteiger partial charge in [-0.15, -0.1) is 0 Å². The van der Waals surface area contributed by atoms with Gasteiger partial charge in [-0.05, 0) is 73.4 Å². The third-order valence-electron chi connectivity index (χ3n) is 5.12. The Balaban J connectivity index is 1.62. The molecule has 0 unspecified atom stereocenters. The number of carbonyl (C=O) groups is 1. The summed E-state index contributed by atoms with van der Waals surface area (Å²) in [6, 6.07) is 15.2. The predicted molar refractivity (Wildman–Crippen MR) is 127 cm³/mol. The minimum atomic E-state index is -0.103. The molecule has 0 saturated carbocycles. The Morgan fingerprint density at radius 1 is 1.09 bits per heavy atom. The molecule has 0 saturated heterocycles. The van der Waals surface area contributed by atoms with Crippen molar-refractivity contribution in [1.29, 1.82) is 0 Å². The van der Waals surface area contributed by atoms with Crippen molar-refractivity contribution in [3.8, 4) is 17.1 Å². The van der Waals surface area contributed by atoms with Crippen LogP contribution >= 0.6 is 11.6 Å². The number of nitrogens with one attached hydrogen (secondary N) is 1. The molecule has 2 heterocycles. The predicted octanol–water partition coefficient (Wildman–Crippen LogP) is 5.49. The molecule has 162 valence electrons. The summed E-state index contributed by atoms with van der Waals surface area (Å²) in [5.74, 6) is 1.34. The summed E-state index contributed by atoms with van der Waals surface area (Å²) in [5, 5.41) is 4.43. The summed E-state index contributed by atoms with van der Waals surface area (Å²) in [6.07, 6.45) is 5.84. The number of anilines is 1. The lowest BCUT2D eigenvalue weighted by atomic mass is 10.0. The van der Waals surface area contributed by atoms with Crippen LogP contribution in [0.1, 0.15) is 24.6 Å². The topological polar surface area (TPSA) is 77.0 Å². The third kappa shape index (κ3) is 5.03. The molecule has 2 aromatic heterocycles. The standard InChI is InChI=1S/C25H23ClN4O2/c1-16(31)28-20-9-11-24(32-2)17(13-20)5-3-7-22-21-14-19(26)8-10-23(21)30-25(29-22)18-6-4-12-27-15-18/h4,6,8-15H,3,5,7H2,1-2H3,(H,28,31). The summed E-state index contributed by atoms with van der Waals surface area (Å²) in [7, 11) is 1.65. The van der Waals surface area contributed by atoms with Gasteiger partial charge in [0.1, 0.15) is 5.75 Å². The lowest BCUT2D eigenvalue weighted by Gasteiger charge is -2.12. The Labute approximate surface area is 191 Å². The molecule has 2 aromatic carbocycles. The number of aromatic nitrogens is 3. The zero-order valence-corrected chi connectivity index (χ0v) is 18.7. The highest BCUT2D eigenvalue weighted by Gasteiger charge is 2.12. The van der Waals surface area contributed by atoms with Gasteiger partial charge in [0.2, 0.25) is 5.91 Å². The molecule has 32 heavy (non-hydrogen) atoms. The van der Waals surface area contributed by atoms with Crippen LogP contribution in [0, 0.1) is 0 Å². The molecule has 7 heteroatoms. The lowest BCUT2D eigenvalue weighted by Crippen LogP contribution is -2.06. The van der Waals surface area contributed by atoms with Crippen molar-refractivity contribution < 1.29 is 9.53 Å². The molecule has 0 atom stereocenters. The molecular formula is C25H23ClN4O2. The number of aryl methyl sites for hydroxylation is 2. The van der Waals surface area contributed by atoms with E-state index in [2.05, 4.69) is 10.3 Å². The number of pyridine rings is 1. The van der Waals surface area contributed by atoms with Crippen LogP contribution < -0.4 is 10.1 Å². The van der Waals surface area contributed by atoms with Crippen LogP contribution in [0.15, 0.2) is 60.9 Å². The van der Waals surface area contributed by atoms with Gasteiger partial charge in [0.05, 0.1) is 18.3 Å². The molecule has 4 rings (SSSR count). The lowest BCUT2D eigenvalue weighted by molar-refractivity contribution is -0.114. The van der Waals surface area contributed by atoms with E-state index in [4.69, 9.17) is 26.3 Å². The molecule has 0 bridgehead atoms. The second-order valence-electron chi connectivity index (χ2n) is 7.46. The fourth-order valence-electron chi connectivity index (χ4n) is 3.68. The van der Waals surface area contributed by atoms with Crippen LogP contribution in [0.2, 0.25) is 5.02 Å². The summed E-state index contributed by atoms with van der Waals surface area (Å²) in [4.78, 5) is 25.2. The van der Waals surface area contributed by atoms with Crippen molar-refractivity contribution in [3.05, 3.63) is 77.2 Å². The molecule has 0 fully saturated rings. The van der Waals surface area contributed by atoms with Crippen molar-refractivity contribution in [1.82, 2.24) is 15.0 Å². The first-order chi connectivity index (χ1) is 15.5. The monoisotopic (exact) mass is 446 g/mol. The van der Waals surface area contributed by atoms with Crippen molar-refractivity contribution in [2.75, 3.05) is 12.4 Å². The van der Waals surface area contributed by atoms with E-state index >= 15 is 0 Å². The molecule has 0 radical (unpaired) electrons. The molecule has 0 spiro atoms. The Morgan fingerprint density at radius 3 is 2.72 bits per heavy atom. The number of hydrogen-bond donors (Lipinski definition) is 1. The maximum atomic E-state index is 11.4. The second-order valence-corrected chi connectivity index (χ2v) is 7.89. The first-order valence-electron chi connectivity index (χ1n) is 10.3. The average Bonchev–Trinajstić information content (AvgIpc) is 2.79. The minimum absolute atomic E-state index is 0.103. The van der Waals surface area contributed by atoms with Gasteiger partial charge < -0.3 is 10.1 Å². The number of fused-ring (bicyclic) bond motifs is 1. The number of hydrogen-bond acceptors (Lipinski definition) is 5. The van der Waals surface area contributed by atoms with E-state index in [0.29, 0.717) is 10.8 Å². The SMILES string of the molecule is COc1ccc(NC(C)=O)cc1CCCc1nc(-c2cccnc2)nc2ccc(Cl)cc12. The number of methoxy groups -OCH3 is 1. The summed E-state index contributed by atoms with van der Waals surface area (Å²) in [5.41, 5.74) is 4.45. The molecule has 4 aromatic rings. The largest absolute Gasteiger partial charge is 0.496 e. The van der Waals surface area contributed by atoms with Crippen molar-refractivity contribution in [2.45, 2.75) is 26.2 Å². The van der Waals surface area contributed by atoms with Gasteiger partial charge in [-0.3, -0.25) is 9.78 Å². The molecule has 0 aliphatic rings. The molecule has 0 aliphatic heterocycles. The van der Waals surface area contributed by atoms with E-state index in [1.165, 1.54) is 6.92 Å². The van der Waals surface area contributed by atoms with E-state index in [-0.39, 0.29) is 5.91 Å². The van der Waals surface area contributed by atoms with Crippen molar-refractivity contribution in [3.63, 3.8) is 0 Å². The van der Waals surface area contributed by atoms with Crippen LogP contribution in [0.3, 0.4) is 0 Å². The highest BCUT2D eigenvalue weighted by Crippen LogP contribution is 2.27. The van der Waals surface area contributed by atoms with Crippen molar-refractivity contribution in [2.24, 2.45) is 0 Å². The first-order valence-corrected chi connectivity index (χ1v) is 10.7. The summed E-state index contributed by atoms with van der Waals surface area (Å²) >= 11 is 6.26. The van der Waals surface area contributed by atoms with Gasteiger partial charge in [-0.25, -0.2) is 9.97 Å². The molecule has 6 nitrogen and oxygen atoms in total. The van der Waals surface area contributed by atoms with Crippen LogP contribution in [-0.4, -0.2) is 28.0 Å².